The summed E-state index contributed by atoms with van der Waals surface area (Å²) >= 11 is 2.99. The number of amides is 1. The first-order valence-corrected chi connectivity index (χ1v) is 13.8. The number of aromatic nitrogens is 3. The SMILES string of the molecule is Cc1nn(-c2ccccc2)c2sc(C(=O)N(CCc3ccccc3)c3nc(-c4ccccc4)cs3)cc12. The van der Waals surface area contributed by atoms with Crippen molar-refractivity contribution in [3.05, 3.63) is 119 Å². The molecule has 0 spiro atoms. The Bertz CT molecular complexity index is 1650. The van der Waals surface area contributed by atoms with Crippen molar-refractivity contribution in [2.24, 2.45) is 0 Å². The van der Waals surface area contributed by atoms with Crippen molar-refractivity contribution < 1.29 is 4.79 Å². The van der Waals surface area contributed by atoms with Gasteiger partial charge in [-0.25, -0.2) is 9.67 Å². The predicted octanol–water partition coefficient (Wildman–Crippen LogP) is 7.41. The molecule has 7 heteroatoms. The highest BCUT2D eigenvalue weighted by molar-refractivity contribution is 7.20. The Morgan fingerprint density at radius 3 is 2.32 bits per heavy atom. The minimum Gasteiger partial charge on any atom is -0.283 e. The van der Waals surface area contributed by atoms with E-state index in [-0.39, 0.29) is 5.91 Å². The predicted molar refractivity (Wildman–Crippen MR) is 153 cm³/mol. The van der Waals surface area contributed by atoms with Crippen LogP contribution in [0.3, 0.4) is 0 Å². The largest absolute Gasteiger partial charge is 0.283 e. The van der Waals surface area contributed by atoms with Crippen LogP contribution in [0.4, 0.5) is 5.13 Å². The Morgan fingerprint density at radius 2 is 1.59 bits per heavy atom. The van der Waals surface area contributed by atoms with Gasteiger partial charge in [0.05, 0.1) is 22.0 Å². The van der Waals surface area contributed by atoms with Gasteiger partial charge in [-0.05, 0) is 37.1 Å². The zero-order chi connectivity index (χ0) is 25.2. The molecule has 0 radical (unpaired) electrons. The van der Waals surface area contributed by atoms with Gasteiger partial charge in [0.15, 0.2) is 5.13 Å². The molecule has 0 bridgehead atoms. The average Bonchev–Trinajstić information content (AvgIpc) is 3.68. The molecule has 3 aromatic heterocycles. The van der Waals surface area contributed by atoms with Crippen LogP contribution in [0.5, 0.6) is 0 Å². The first kappa shape index (κ1) is 23.3. The monoisotopic (exact) mass is 520 g/mol. The molecule has 182 valence electrons. The maximum atomic E-state index is 14.0. The Hall–Kier alpha value is -4.07. The summed E-state index contributed by atoms with van der Waals surface area (Å²) < 4.78 is 1.93. The van der Waals surface area contributed by atoms with Crippen LogP contribution in [-0.4, -0.2) is 27.2 Å². The van der Waals surface area contributed by atoms with Gasteiger partial charge in [-0.2, -0.15) is 5.10 Å². The van der Waals surface area contributed by atoms with Crippen molar-refractivity contribution in [2.45, 2.75) is 13.3 Å². The fraction of sp³-hybridized carbons (Fsp3) is 0.100. The molecular formula is C30H24N4OS2. The van der Waals surface area contributed by atoms with E-state index in [1.807, 2.05) is 107 Å². The number of anilines is 1. The van der Waals surface area contributed by atoms with E-state index < -0.39 is 0 Å². The highest BCUT2D eigenvalue weighted by Gasteiger charge is 2.25. The van der Waals surface area contributed by atoms with Gasteiger partial charge in [0, 0.05) is 22.9 Å². The number of thiophene rings is 1. The maximum absolute atomic E-state index is 14.0. The minimum atomic E-state index is -0.0369. The number of hydrogen-bond donors (Lipinski definition) is 0. The normalized spacial score (nSPS) is 11.2. The molecule has 0 fully saturated rings. The lowest BCUT2D eigenvalue weighted by molar-refractivity contribution is 0.0991. The first-order valence-electron chi connectivity index (χ1n) is 12.1. The molecule has 0 N–H and O–H groups in total. The van der Waals surface area contributed by atoms with Crippen molar-refractivity contribution in [1.29, 1.82) is 0 Å². The zero-order valence-electron chi connectivity index (χ0n) is 20.2. The molecule has 0 aliphatic heterocycles. The number of carbonyl (C=O) groups excluding carboxylic acids is 1. The fourth-order valence-electron chi connectivity index (χ4n) is 4.33. The molecule has 0 saturated carbocycles. The number of thiazole rings is 1. The van der Waals surface area contributed by atoms with Crippen LogP contribution >= 0.6 is 22.7 Å². The molecule has 37 heavy (non-hydrogen) atoms. The van der Waals surface area contributed by atoms with Gasteiger partial charge in [-0.1, -0.05) is 78.9 Å². The molecule has 0 atom stereocenters. The number of fused-ring (bicyclic) bond motifs is 1. The van der Waals surface area contributed by atoms with E-state index in [2.05, 4.69) is 12.1 Å². The third-order valence-electron chi connectivity index (χ3n) is 6.26. The molecular weight excluding hydrogens is 496 g/mol. The highest BCUT2D eigenvalue weighted by atomic mass is 32.1. The van der Waals surface area contributed by atoms with E-state index in [0.717, 1.165) is 39.3 Å². The van der Waals surface area contributed by atoms with E-state index in [0.29, 0.717) is 16.6 Å². The van der Waals surface area contributed by atoms with Crippen LogP contribution in [0.1, 0.15) is 20.9 Å². The molecule has 3 aromatic carbocycles. The summed E-state index contributed by atoms with van der Waals surface area (Å²) in [6.45, 7) is 2.53. The molecule has 0 aliphatic carbocycles. The van der Waals surface area contributed by atoms with Crippen LogP contribution in [0.25, 0.3) is 27.2 Å². The highest BCUT2D eigenvalue weighted by Crippen LogP contribution is 2.34. The smallest absolute Gasteiger partial charge is 0.270 e. The number of nitrogens with zero attached hydrogens (tertiary/aromatic N) is 4. The zero-order valence-corrected chi connectivity index (χ0v) is 21.9. The second kappa shape index (κ2) is 10.1. The van der Waals surface area contributed by atoms with Crippen molar-refractivity contribution >= 4 is 43.9 Å². The molecule has 3 heterocycles. The Kier molecular flexibility index (Phi) is 6.39. The lowest BCUT2D eigenvalue weighted by Crippen LogP contribution is -2.32. The van der Waals surface area contributed by atoms with Gasteiger partial charge in [0.2, 0.25) is 0 Å². The van der Waals surface area contributed by atoms with E-state index in [9.17, 15) is 4.79 Å². The number of benzene rings is 3. The number of aryl methyl sites for hydroxylation is 1. The number of para-hydroxylation sites is 1. The van der Waals surface area contributed by atoms with Crippen molar-refractivity contribution in [1.82, 2.24) is 14.8 Å². The Morgan fingerprint density at radius 1 is 0.919 bits per heavy atom. The van der Waals surface area contributed by atoms with Crippen molar-refractivity contribution in [3.63, 3.8) is 0 Å². The average molecular weight is 521 g/mol. The first-order chi connectivity index (χ1) is 18.2. The second-order valence-corrected chi connectivity index (χ2v) is 10.6. The quantitative estimate of drug-likeness (QED) is 0.220. The summed E-state index contributed by atoms with van der Waals surface area (Å²) in [6, 6.07) is 32.4. The minimum absolute atomic E-state index is 0.0369. The fourth-order valence-corrected chi connectivity index (χ4v) is 6.32. The summed E-state index contributed by atoms with van der Waals surface area (Å²) in [4.78, 5) is 22.4. The molecule has 6 rings (SSSR count). The van der Waals surface area contributed by atoms with Crippen molar-refractivity contribution in [2.75, 3.05) is 11.4 Å². The molecule has 0 unspecified atom stereocenters. The second-order valence-electron chi connectivity index (χ2n) is 8.74. The van der Waals surface area contributed by atoms with Gasteiger partial charge in [-0.3, -0.25) is 9.69 Å². The number of carbonyl (C=O) groups is 1. The summed E-state index contributed by atoms with van der Waals surface area (Å²) in [5.41, 5.74) is 5.00. The lowest BCUT2D eigenvalue weighted by Gasteiger charge is -2.19. The summed E-state index contributed by atoms with van der Waals surface area (Å²) in [5.74, 6) is -0.0369. The standard InChI is InChI=1S/C30H24N4OS2/c1-21-25-19-27(37-29(25)34(32-21)24-15-9-4-10-16-24)28(35)33(18-17-22-11-5-2-6-12-22)30-31-26(20-36-30)23-13-7-3-8-14-23/h2-16,19-20H,17-18H2,1H3. The van der Waals surface area contributed by atoms with Crippen LogP contribution in [0.15, 0.2) is 102 Å². The van der Waals surface area contributed by atoms with Gasteiger partial charge in [0.1, 0.15) is 4.83 Å². The van der Waals surface area contributed by atoms with Gasteiger partial charge < -0.3 is 0 Å². The number of hydrogen-bond acceptors (Lipinski definition) is 5. The van der Waals surface area contributed by atoms with Crippen LogP contribution < -0.4 is 4.90 Å². The molecule has 0 aliphatic rings. The number of rotatable bonds is 7. The van der Waals surface area contributed by atoms with Crippen molar-refractivity contribution in [3.8, 4) is 16.9 Å². The van der Waals surface area contributed by atoms with Gasteiger partial charge in [0.25, 0.3) is 5.91 Å². The molecule has 6 aromatic rings. The summed E-state index contributed by atoms with van der Waals surface area (Å²) in [6.07, 6.45) is 0.745. The van der Waals surface area contributed by atoms with Crippen LogP contribution in [-0.2, 0) is 6.42 Å². The molecule has 5 nitrogen and oxygen atoms in total. The lowest BCUT2D eigenvalue weighted by atomic mass is 10.1. The summed E-state index contributed by atoms with van der Waals surface area (Å²) in [5, 5.41) is 8.46. The van der Waals surface area contributed by atoms with E-state index in [1.54, 1.807) is 0 Å². The van der Waals surface area contributed by atoms with E-state index >= 15 is 0 Å². The third kappa shape index (κ3) is 4.71. The van der Waals surface area contributed by atoms with E-state index in [1.165, 1.54) is 28.2 Å². The summed E-state index contributed by atoms with van der Waals surface area (Å²) in [7, 11) is 0. The third-order valence-corrected chi connectivity index (χ3v) is 8.22. The van der Waals surface area contributed by atoms with Crippen LogP contribution in [0, 0.1) is 6.92 Å². The molecule has 1 amide bonds. The van der Waals surface area contributed by atoms with Gasteiger partial charge >= 0.3 is 0 Å². The van der Waals surface area contributed by atoms with Crippen LogP contribution in [0.2, 0.25) is 0 Å². The maximum Gasteiger partial charge on any atom is 0.270 e. The van der Waals surface area contributed by atoms with Gasteiger partial charge in [-0.15, -0.1) is 22.7 Å². The Balaban J connectivity index is 1.37. The molecule has 0 saturated heterocycles. The Labute approximate surface area is 223 Å². The van der Waals surface area contributed by atoms with E-state index in [4.69, 9.17) is 10.1 Å². The topological polar surface area (TPSA) is 51.0 Å².